The van der Waals surface area contributed by atoms with Crippen molar-refractivity contribution in [3.8, 4) is 5.75 Å². The Morgan fingerprint density at radius 3 is 2.68 bits per heavy atom. The van der Waals surface area contributed by atoms with E-state index in [9.17, 15) is 15.0 Å². The van der Waals surface area contributed by atoms with Gasteiger partial charge in [-0.1, -0.05) is 12.1 Å². The minimum Gasteiger partial charge on any atom is -0.507 e. The van der Waals surface area contributed by atoms with Gasteiger partial charge in [0, 0.05) is 0 Å². The predicted molar refractivity (Wildman–Crippen MR) is 66.8 cm³/mol. The molecule has 1 aromatic carbocycles. The highest BCUT2D eigenvalue weighted by Gasteiger charge is 2.41. The van der Waals surface area contributed by atoms with Crippen LogP contribution in [0.15, 0.2) is 24.3 Å². The van der Waals surface area contributed by atoms with E-state index in [0.29, 0.717) is 0 Å². The number of aromatic hydroxyl groups is 1. The van der Waals surface area contributed by atoms with Gasteiger partial charge in [0.2, 0.25) is 0 Å². The lowest BCUT2D eigenvalue weighted by molar-refractivity contribution is -0.0170. The normalized spacial score (nSPS) is 30.3. The Hall–Kier alpha value is -1.63. The Labute approximate surface area is 110 Å². The summed E-state index contributed by atoms with van der Waals surface area (Å²) in [5.74, 6) is -0.615. The van der Waals surface area contributed by atoms with Crippen molar-refractivity contribution in [3.63, 3.8) is 0 Å². The second kappa shape index (κ2) is 5.56. The summed E-state index contributed by atoms with van der Waals surface area (Å²) in [7, 11) is 0. The zero-order chi connectivity index (χ0) is 14.0. The molecular weight excluding hydrogens is 250 g/mol. The third kappa shape index (κ3) is 2.70. The summed E-state index contributed by atoms with van der Waals surface area (Å²) >= 11 is 0. The molecule has 4 N–H and O–H groups in total. The van der Waals surface area contributed by atoms with E-state index >= 15 is 0 Å². The summed E-state index contributed by atoms with van der Waals surface area (Å²) < 4.78 is 5.33. The number of benzene rings is 1. The molecule has 6 nitrogen and oxygen atoms in total. The highest BCUT2D eigenvalue weighted by Crippen LogP contribution is 2.22. The van der Waals surface area contributed by atoms with Gasteiger partial charge in [0.15, 0.2) is 0 Å². The van der Waals surface area contributed by atoms with Crippen LogP contribution in [0, 0.1) is 0 Å². The van der Waals surface area contributed by atoms with Crippen LogP contribution in [-0.2, 0) is 4.74 Å². The van der Waals surface area contributed by atoms with E-state index in [1.807, 2.05) is 0 Å². The number of carbonyl (C=O) groups is 1. The molecule has 0 aromatic heterocycles. The number of nitrogens with one attached hydrogen (secondary N) is 1. The lowest BCUT2D eigenvalue weighted by Gasteiger charge is -2.19. The Balaban J connectivity index is 2.09. The maximum atomic E-state index is 12.0. The monoisotopic (exact) mass is 267 g/mol. The van der Waals surface area contributed by atoms with Crippen LogP contribution in [0.5, 0.6) is 5.75 Å². The molecule has 19 heavy (non-hydrogen) atoms. The maximum Gasteiger partial charge on any atom is 0.255 e. The summed E-state index contributed by atoms with van der Waals surface area (Å²) in [5, 5.41) is 31.2. The molecule has 1 fully saturated rings. The van der Waals surface area contributed by atoms with E-state index in [2.05, 4.69) is 5.32 Å². The number of ether oxygens (including phenoxy) is 1. The first-order valence-corrected chi connectivity index (χ1v) is 6.08. The molecule has 0 saturated carbocycles. The van der Waals surface area contributed by atoms with E-state index in [4.69, 9.17) is 9.84 Å². The average molecular weight is 267 g/mol. The minimum absolute atomic E-state index is 0.125. The van der Waals surface area contributed by atoms with Crippen molar-refractivity contribution in [3.05, 3.63) is 29.8 Å². The SMILES string of the molecule is C[C@@H]1O[C@H](CO)[C@H](O)C1NC(=O)c1ccccc1O. The number of hydrogen-bond donors (Lipinski definition) is 4. The highest BCUT2D eigenvalue weighted by molar-refractivity contribution is 5.97. The Kier molecular flexibility index (Phi) is 4.04. The van der Waals surface area contributed by atoms with Gasteiger partial charge in [0.1, 0.15) is 18.0 Å². The molecule has 1 saturated heterocycles. The number of aliphatic hydroxyl groups excluding tert-OH is 2. The molecule has 104 valence electrons. The van der Waals surface area contributed by atoms with Crippen molar-refractivity contribution < 1.29 is 24.9 Å². The molecule has 1 heterocycles. The van der Waals surface area contributed by atoms with Crippen molar-refractivity contribution in [2.45, 2.75) is 31.3 Å². The van der Waals surface area contributed by atoms with Crippen molar-refractivity contribution in [2.75, 3.05) is 6.61 Å². The fraction of sp³-hybridized carbons (Fsp3) is 0.462. The highest BCUT2D eigenvalue weighted by atomic mass is 16.5. The minimum atomic E-state index is -0.977. The van der Waals surface area contributed by atoms with Crippen LogP contribution >= 0.6 is 0 Å². The Bertz CT molecular complexity index is 464. The van der Waals surface area contributed by atoms with Gasteiger partial charge in [0.25, 0.3) is 5.91 Å². The number of phenolic OH excluding ortho intramolecular Hbond substituents is 1. The topological polar surface area (TPSA) is 99.0 Å². The van der Waals surface area contributed by atoms with E-state index in [1.54, 1.807) is 19.1 Å². The lowest BCUT2D eigenvalue weighted by Crippen LogP contribution is -2.47. The van der Waals surface area contributed by atoms with E-state index in [0.717, 1.165) is 0 Å². The third-order valence-corrected chi connectivity index (χ3v) is 3.27. The lowest BCUT2D eigenvalue weighted by atomic mass is 10.0. The first-order chi connectivity index (χ1) is 9.04. The summed E-state index contributed by atoms with van der Waals surface area (Å²) in [5.41, 5.74) is 0.134. The Morgan fingerprint density at radius 1 is 1.42 bits per heavy atom. The van der Waals surface area contributed by atoms with Crippen LogP contribution in [0.4, 0.5) is 0 Å². The van der Waals surface area contributed by atoms with Gasteiger partial charge in [-0.15, -0.1) is 0 Å². The molecular formula is C13H17NO5. The summed E-state index contributed by atoms with van der Waals surface area (Å²) in [6.07, 6.45) is -2.10. The Morgan fingerprint density at radius 2 is 2.11 bits per heavy atom. The van der Waals surface area contributed by atoms with Gasteiger partial charge < -0.3 is 25.4 Å². The number of carbonyl (C=O) groups excluding carboxylic acids is 1. The van der Waals surface area contributed by atoms with Gasteiger partial charge in [-0.2, -0.15) is 0 Å². The number of aliphatic hydroxyl groups is 2. The molecule has 0 radical (unpaired) electrons. The first-order valence-electron chi connectivity index (χ1n) is 6.08. The number of rotatable bonds is 3. The zero-order valence-corrected chi connectivity index (χ0v) is 10.5. The summed E-state index contributed by atoms with van der Waals surface area (Å²) in [6.45, 7) is 1.39. The molecule has 0 aliphatic carbocycles. The van der Waals surface area contributed by atoms with Gasteiger partial charge in [0.05, 0.1) is 24.3 Å². The molecule has 1 aromatic rings. The zero-order valence-electron chi connectivity index (χ0n) is 10.5. The third-order valence-electron chi connectivity index (χ3n) is 3.27. The van der Waals surface area contributed by atoms with E-state index < -0.39 is 30.3 Å². The van der Waals surface area contributed by atoms with Gasteiger partial charge in [-0.25, -0.2) is 0 Å². The molecule has 1 aliphatic heterocycles. The molecule has 6 heteroatoms. The second-order valence-corrected chi connectivity index (χ2v) is 4.57. The second-order valence-electron chi connectivity index (χ2n) is 4.57. The van der Waals surface area contributed by atoms with Crippen LogP contribution < -0.4 is 5.32 Å². The van der Waals surface area contributed by atoms with Crippen LogP contribution in [-0.4, -0.2) is 52.2 Å². The van der Waals surface area contributed by atoms with Crippen molar-refractivity contribution in [1.82, 2.24) is 5.32 Å². The number of para-hydroxylation sites is 1. The quantitative estimate of drug-likeness (QED) is 0.599. The first kappa shape index (κ1) is 13.8. The number of phenols is 1. The number of amides is 1. The van der Waals surface area contributed by atoms with Crippen LogP contribution in [0.1, 0.15) is 17.3 Å². The maximum absolute atomic E-state index is 12.0. The molecule has 1 amide bonds. The fourth-order valence-corrected chi connectivity index (χ4v) is 2.20. The largest absolute Gasteiger partial charge is 0.507 e. The molecule has 0 spiro atoms. The standard InChI is InChI=1S/C13H17NO5/c1-7-11(12(17)10(6-15)19-7)14-13(18)8-4-2-3-5-9(8)16/h2-5,7,10-12,15-17H,6H2,1H3,(H,14,18)/t7-,10+,11?,12-/m0/s1. The molecule has 2 rings (SSSR count). The number of hydrogen-bond acceptors (Lipinski definition) is 5. The van der Waals surface area contributed by atoms with E-state index in [1.165, 1.54) is 12.1 Å². The summed E-state index contributed by atoms with van der Waals surface area (Å²) in [6, 6.07) is 5.53. The molecule has 0 bridgehead atoms. The van der Waals surface area contributed by atoms with Crippen molar-refractivity contribution in [1.29, 1.82) is 0 Å². The summed E-state index contributed by atoms with van der Waals surface area (Å²) in [4.78, 5) is 12.0. The van der Waals surface area contributed by atoms with Gasteiger partial charge >= 0.3 is 0 Å². The average Bonchev–Trinajstić information content (AvgIpc) is 2.66. The van der Waals surface area contributed by atoms with E-state index in [-0.39, 0.29) is 17.9 Å². The van der Waals surface area contributed by atoms with Crippen LogP contribution in [0.3, 0.4) is 0 Å². The smallest absolute Gasteiger partial charge is 0.255 e. The van der Waals surface area contributed by atoms with Crippen LogP contribution in [0.2, 0.25) is 0 Å². The van der Waals surface area contributed by atoms with Crippen molar-refractivity contribution in [2.24, 2.45) is 0 Å². The molecule has 4 atom stereocenters. The predicted octanol–water partition coefficient (Wildman–Crippen LogP) is -0.369. The van der Waals surface area contributed by atoms with Crippen LogP contribution in [0.25, 0.3) is 0 Å². The van der Waals surface area contributed by atoms with Gasteiger partial charge in [-0.05, 0) is 19.1 Å². The van der Waals surface area contributed by atoms with Gasteiger partial charge in [-0.3, -0.25) is 4.79 Å². The van der Waals surface area contributed by atoms with Crippen molar-refractivity contribution >= 4 is 5.91 Å². The molecule has 1 aliphatic rings. The molecule has 1 unspecified atom stereocenters. The fourth-order valence-electron chi connectivity index (χ4n) is 2.20.